The fourth-order valence-electron chi connectivity index (χ4n) is 4.01. The molecule has 0 bridgehead atoms. The average Bonchev–Trinajstić information content (AvgIpc) is 2.38. The molecule has 0 N–H and O–H groups in total. The van der Waals surface area contributed by atoms with Gasteiger partial charge in [-0.3, -0.25) is 0 Å². The van der Waals surface area contributed by atoms with E-state index in [0.717, 1.165) is 17.8 Å². The van der Waals surface area contributed by atoms with Gasteiger partial charge in [-0.15, -0.1) is 0 Å². The highest BCUT2D eigenvalue weighted by molar-refractivity contribution is 7.80. The molecule has 0 nitrogen and oxygen atoms in total. The lowest BCUT2D eigenvalue weighted by molar-refractivity contribution is 0.164. The minimum atomic E-state index is 0.715. The summed E-state index contributed by atoms with van der Waals surface area (Å²) in [5.41, 5.74) is 0. The van der Waals surface area contributed by atoms with Crippen molar-refractivity contribution in [1.29, 1.82) is 0 Å². The average molecular weight is 254 g/mol. The van der Waals surface area contributed by atoms with Crippen molar-refractivity contribution in [3.8, 4) is 0 Å². The van der Waals surface area contributed by atoms with Crippen LogP contribution < -0.4 is 0 Å². The molecule has 17 heavy (non-hydrogen) atoms. The molecule has 100 valence electrons. The number of rotatable bonds is 4. The largest absolute Gasteiger partial charge is 0.176 e. The van der Waals surface area contributed by atoms with Gasteiger partial charge in [0.05, 0.1) is 0 Å². The zero-order valence-electron chi connectivity index (χ0n) is 11.5. The second-order valence-corrected chi connectivity index (χ2v) is 7.22. The van der Waals surface area contributed by atoms with E-state index in [1.807, 2.05) is 0 Å². The van der Waals surface area contributed by atoms with Crippen LogP contribution in [-0.4, -0.2) is 5.25 Å². The lowest BCUT2D eigenvalue weighted by atomic mass is 9.70. The topological polar surface area (TPSA) is 0 Å². The first kappa shape index (κ1) is 13.8. The summed E-state index contributed by atoms with van der Waals surface area (Å²) in [4.78, 5) is 0. The van der Waals surface area contributed by atoms with E-state index >= 15 is 0 Å². The highest BCUT2D eigenvalue weighted by atomic mass is 32.1. The summed E-state index contributed by atoms with van der Waals surface area (Å²) in [5, 5.41) is 0.715. The first-order valence-corrected chi connectivity index (χ1v) is 8.49. The molecule has 0 spiro atoms. The number of hydrogen-bond donors (Lipinski definition) is 1. The molecule has 2 aliphatic rings. The van der Waals surface area contributed by atoms with E-state index in [-0.39, 0.29) is 0 Å². The summed E-state index contributed by atoms with van der Waals surface area (Å²) in [6.07, 6.45) is 16.2. The van der Waals surface area contributed by atoms with Crippen molar-refractivity contribution in [2.45, 2.75) is 82.8 Å². The smallest absolute Gasteiger partial charge is 0.00170 e. The van der Waals surface area contributed by atoms with Gasteiger partial charge in [-0.05, 0) is 56.3 Å². The Morgan fingerprint density at radius 2 is 1.35 bits per heavy atom. The maximum Gasteiger partial charge on any atom is 0.00170 e. The standard InChI is InChI=1S/C16H30S/c1-2-3-4-13-5-7-14(8-6-13)15-9-11-16(17)12-10-15/h13-17H,2-12H2,1H3. The van der Waals surface area contributed by atoms with Crippen LogP contribution >= 0.6 is 12.6 Å². The maximum absolute atomic E-state index is 4.62. The van der Waals surface area contributed by atoms with Gasteiger partial charge in [0.2, 0.25) is 0 Å². The fraction of sp³-hybridized carbons (Fsp3) is 1.00. The van der Waals surface area contributed by atoms with Crippen molar-refractivity contribution in [2.75, 3.05) is 0 Å². The van der Waals surface area contributed by atoms with Crippen LogP contribution in [0.3, 0.4) is 0 Å². The van der Waals surface area contributed by atoms with E-state index in [2.05, 4.69) is 19.6 Å². The summed E-state index contributed by atoms with van der Waals surface area (Å²) >= 11 is 4.62. The van der Waals surface area contributed by atoms with Gasteiger partial charge in [-0.25, -0.2) is 0 Å². The van der Waals surface area contributed by atoms with E-state index in [9.17, 15) is 0 Å². The third-order valence-corrected chi connectivity index (χ3v) is 5.78. The van der Waals surface area contributed by atoms with Crippen LogP contribution in [0.5, 0.6) is 0 Å². The van der Waals surface area contributed by atoms with E-state index in [1.165, 1.54) is 70.6 Å². The highest BCUT2D eigenvalue weighted by Crippen LogP contribution is 2.41. The minimum Gasteiger partial charge on any atom is -0.176 e. The van der Waals surface area contributed by atoms with Crippen LogP contribution in [0.4, 0.5) is 0 Å². The molecule has 0 radical (unpaired) electrons. The Bertz CT molecular complexity index is 198. The van der Waals surface area contributed by atoms with Crippen molar-refractivity contribution in [3.05, 3.63) is 0 Å². The third kappa shape index (κ3) is 4.19. The van der Waals surface area contributed by atoms with E-state index in [4.69, 9.17) is 0 Å². The van der Waals surface area contributed by atoms with E-state index in [0.29, 0.717) is 5.25 Å². The second-order valence-electron chi connectivity index (χ2n) is 6.49. The molecular formula is C16H30S. The summed E-state index contributed by atoms with van der Waals surface area (Å²) in [6, 6.07) is 0. The Kier molecular flexibility index (Phi) is 5.72. The van der Waals surface area contributed by atoms with Crippen molar-refractivity contribution in [1.82, 2.24) is 0 Å². The molecule has 0 aliphatic heterocycles. The van der Waals surface area contributed by atoms with Crippen LogP contribution in [0.15, 0.2) is 0 Å². The maximum atomic E-state index is 4.62. The molecular weight excluding hydrogens is 224 g/mol. The predicted molar refractivity (Wildman–Crippen MR) is 79.7 cm³/mol. The van der Waals surface area contributed by atoms with Crippen molar-refractivity contribution in [2.24, 2.45) is 17.8 Å². The van der Waals surface area contributed by atoms with Gasteiger partial charge in [0.1, 0.15) is 0 Å². The molecule has 1 heteroatoms. The Balaban J connectivity index is 1.68. The molecule has 0 aromatic rings. The molecule has 0 saturated heterocycles. The third-order valence-electron chi connectivity index (χ3n) is 5.27. The van der Waals surface area contributed by atoms with E-state index < -0.39 is 0 Å². The monoisotopic (exact) mass is 254 g/mol. The molecule has 2 rings (SSSR count). The van der Waals surface area contributed by atoms with Gasteiger partial charge in [-0.1, -0.05) is 39.0 Å². The zero-order chi connectivity index (χ0) is 12.1. The second kappa shape index (κ2) is 7.07. The molecule has 2 saturated carbocycles. The van der Waals surface area contributed by atoms with Gasteiger partial charge in [-0.2, -0.15) is 12.6 Å². The lowest BCUT2D eigenvalue weighted by Crippen LogP contribution is -2.26. The van der Waals surface area contributed by atoms with Crippen LogP contribution in [0.2, 0.25) is 0 Å². The molecule has 2 aliphatic carbocycles. The SMILES string of the molecule is CCCCC1CCC(C2CCC(S)CC2)CC1. The van der Waals surface area contributed by atoms with Crippen LogP contribution in [0.25, 0.3) is 0 Å². The molecule has 0 unspecified atom stereocenters. The molecule has 0 aromatic heterocycles. The zero-order valence-corrected chi connectivity index (χ0v) is 12.4. The summed E-state index contributed by atoms with van der Waals surface area (Å²) in [5.74, 6) is 3.21. The highest BCUT2D eigenvalue weighted by Gasteiger charge is 2.29. The lowest BCUT2D eigenvalue weighted by Gasteiger charge is -2.37. The first-order valence-electron chi connectivity index (χ1n) is 7.97. The van der Waals surface area contributed by atoms with Gasteiger partial charge >= 0.3 is 0 Å². The fourth-order valence-corrected chi connectivity index (χ4v) is 4.31. The van der Waals surface area contributed by atoms with Gasteiger partial charge in [0.15, 0.2) is 0 Å². The number of unbranched alkanes of at least 4 members (excludes halogenated alkanes) is 1. The first-order chi connectivity index (χ1) is 8.29. The van der Waals surface area contributed by atoms with Crippen LogP contribution in [-0.2, 0) is 0 Å². The Morgan fingerprint density at radius 1 is 0.824 bits per heavy atom. The minimum absolute atomic E-state index is 0.715. The van der Waals surface area contributed by atoms with E-state index in [1.54, 1.807) is 0 Å². The number of hydrogen-bond acceptors (Lipinski definition) is 1. The van der Waals surface area contributed by atoms with Crippen molar-refractivity contribution in [3.63, 3.8) is 0 Å². The number of thiol groups is 1. The van der Waals surface area contributed by atoms with Crippen molar-refractivity contribution >= 4 is 12.6 Å². The predicted octanol–water partition coefficient (Wildman–Crippen LogP) is 5.47. The summed E-state index contributed by atoms with van der Waals surface area (Å²) < 4.78 is 0. The Morgan fingerprint density at radius 3 is 1.88 bits per heavy atom. The van der Waals surface area contributed by atoms with Gasteiger partial charge < -0.3 is 0 Å². The molecule has 0 atom stereocenters. The van der Waals surface area contributed by atoms with Gasteiger partial charge in [0.25, 0.3) is 0 Å². The Hall–Kier alpha value is 0.350. The Labute approximate surface area is 113 Å². The quantitative estimate of drug-likeness (QED) is 0.632. The van der Waals surface area contributed by atoms with Crippen molar-refractivity contribution < 1.29 is 0 Å². The van der Waals surface area contributed by atoms with Gasteiger partial charge in [0, 0.05) is 5.25 Å². The normalized spacial score (nSPS) is 39.2. The summed E-state index contributed by atoms with van der Waals surface area (Å²) in [6.45, 7) is 2.32. The van der Waals surface area contributed by atoms with Crippen LogP contribution in [0, 0.1) is 17.8 Å². The molecule has 0 amide bonds. The summed E-state index contributed by atoms with van der Waals surface area (Å²) in [7, 11) is 0. The molecule has 0 aromatic carbocycles. The molecule has 2 fully saturated rings. The molecule has 0 heterocycles. The van der Waals surface area contributed by atoms with Crippen LogP contribution in [0.1, 0.15) is 77.6 Å².